The van der Waals surface area contributed by atoms with Gasteiger partial charge in [0, 0.05) is 32.3 Å². The lowest BCUT2D eigenvalue weighted by atomic mass is 10.2. The molecule has 8 nitrogen and oxygen atoms in total. The number of benzene rings is 1. The smallest absolute Gasteiger partial charge is 0.246 e. The topological polar surface area (TPSA) is 95.8 Å². The summed E-state index contributed by atoms with van der Waals surface area (Å²) in [6.45, 7) is 7.28. The molecule has 1 aromatic carbocycles. The molecule has 1 N–H and O–H groups in total. The summed E-state index contributed by atoms with van der Waals surface area (Å²) >= 11 is 0. The third-order valence-electron chi connectivity index (χ3n) is 4.99. The van der Waals surface area contributed by atoms with Crippen LogP contribution in [0.5, 0.6) is 0 Å². The molecule has 3 rings (SSSR count). The molecule has 0 saturated carbocycles. The van der Waals surface area contributed by atoms with Gasteiger partial charge >= 0.3 is 0 Å². The summed E-state index contributed by atoms with van der Waals surface area (Å²) in [5, 5.41) is 0. The van der Waals surface area contributed by atoms with Crippen LogP contribution < -0.4 is 4.72 Å². The number of rotatable bonds is 6. The maximum atomic E-state index is 12.4. The zero-order valence-corrected chi connectivity index (χ0v) is 17.7. The second-order valence-electron chi connectivity index (χ2n) is 6.96. The van der Waals surface area contributed by atoms with E-state index in [9.17, 15) is 13.2 Å². The number of hydrogen-bond donors (Lipinski definition) is 1. The molecule has 1 aliphatic heterocycles. The summed E-state index contributed by atoms with van der Waals surface area (Å²) in [5.74, 6) is 1.50. The number of sulfonamides is 1. The summed E-state index contributed by atoms with van der Waals surface area (Å²) in [4.78, 5) is 21.1. The van der Waals surface area contributed by atoms with Gasteiger partial charge in [0.05, 0.1) is 17.1 Å². The fraction of sp³-hybridized carbons (Fsp3) is 0.400. The third kappa shape index (κ3) is 5.31. The second-order valence-corrected chi connectivity index (χ2v) is 8.85. The van der Waals surface area contributed by atoms with Gasteiger partial charge in [0.15, 0.2) is 0 Å². The Morgan fingerprint density at radius 3 is 2.38 bits per heavy atom. The van der Waals surface area contributed by atoms with Crippen molar-refractivity contribution in [3.05, 3.63) is 53.2 Å². The summed E-state index contributed by atoms with van der Waals surface area (Å²) in [7, 11) is -2.09. The number of oxazole rings is 1. The van der Waals surface area contributed by atoms with Gasteiger partial charge in [-0.25, -0.2) is 18.1 Å². The van der Waals surface area contributed by atoms with Gasteiger partial charge in [0.25, 0.3) is 0 Å². The molecule has 1 aromatic heterocycles. The molecular formula is C20H26N4O4S. The summed E-state index contributed by atoms with van der Waals surface area (Å²) in [6.07, 6.45) is 3.22. The van der Waals surface area contributed by atoms with Gasteiger partial charge < -0.3 is 9.32 Å². The van der Waals surface area contributed by atoms with Crippen molar-refractivity contribution in [2.45, 2.75) is 25.3 Å². The molecule has 0 aliphatic carbocycles. The summed E-state index contributed by atoms with van der Waals surface area (Å²) in [6, 6.07) is 6.38. The molecule has 1 fully saturated rings. The Bertz CT molecular complexity index is 968. The van der Waals surface area contributed by atoms with E-state index in [1.807, 2.05) is 13.8 Å². The molecule has 2 heterocycles. The quantitative estimate of drug-likeness (QED) is 0.716. The molecule has 29 heavy (non-hydrogen) atoms. The van der Waals surface area contributed by atoms with Gasteiger partial charge in [-0.05, 0) is 44.7 Å². The molecule has 156 valence electrons. The Morgan fingerprint density at radius 2 is 1.83 bits per heavy atom. The Labute approximate surface area is 171 Å². The molecule has 0 atom stereocenters. The van der Waals surface area contributed by atoms with Crippen molar-refractivity contribution in [2.75, 3.05) is 33.2 Å². The van der Waals surface area contributed by atoms with E-state index in [1.165, 1.54) is 25.3 Å². The van der Waals surface area contributed by atoms with Gasteiger partial charge in [-0.15, -0.1) is 0 Å². The average molecular weight is 419 g/mol. The fourth-order valence-electron chi connectivity index (χ4n) is 3.07. The van der Waals surface area contributed by atoms with Crippen LogP contribution in [-0.2, 0) is 21.4 Å². The van der Waals surface area contributed by atoms with Gasteiger partial charge in [-0.3, -0.25) is 9.69 Å². The fourth-order valence-corrected chi connectivity index (χ4v) is 3.80. The van der Waals surface area contributed by atoms with Crippen LogP contribution in [0, 0.1) is 13.8 Å². The first kappa shape index (κ1) is 21.2. The molecule has 0 spiro atoms. The van der Waals surface area contributed by atoms with Crippen LogP contribution in [0.2, 0.25) is 0 Å². The van der Waals surface area contributed by atoms with E-state index in [4.69, 9.17) is 4.42 Å². The highest BCUT2D eigenvalue weighted by molar-refractivity contribution is 7.89. The van der Waals surface area contributed by atoms with Gasteiger partial charge in [0.1, 0.15) is 5.76 Å². The predicted octanol–water partition coefficient (Wildman–Crippen LogP) is 1.56. The number of piperazine rings is 1. The molecular weight excluding hydrogens is 392 g/mol. The average Bonchev–Trinajstić information content (AvgIpc) is 3.04. The van der Waals surface area contributed by atoms with Crippen molar-refractivity contribution < 1.29 is 17.6 Å². The molecule has 1 saturated heterocycles. The highest BCUT2D eigenvalue weighted by Gasteiger charge is 2.21. The largest absolute Gasteiger partial charge is 0.444 e. The molecule has 2 aromatic rings. The minimum absolute atomic E-state index is 0.0561. The Balaban J connectivity index is 1.51. The van der Waals surface area contributed by atoms with Gasteiger partial charge in [0.2, 0.25) is 21.8 Å². The minimum Gasteiger partial charge on any atom is -0.444 e. The van der Waals surface area contributed by atoms with Crippen molar-refractivity contribution in [1.82, 2.24) is 19.5 Å². The Kier molecular flexibility index (Phi) is 6.51. The van der Waals surface area contributed by atoms with Gasteiger partial charge in [-0.1, -0.05) is 12.1 Å². The molecule has 1 amide bonds. The number of carbonyl (C=O) groups excluding carboxylic acids is 1. The SMILES string of the molecule is CNS(=O)(=O)c1ccc(/C=C/C(=O)N2CCN(Cc3nc(C)c(C)o3)CC2)cc1. The van der Waals surface area contributed by atoms with Crippen molar-refractivity contribution in [3.8, 4) is 0 Å². The highest BCUT2D eigenvalue weighted by atomic mass is 32.2. The van der Waals surface area contributed by atoms with Crippen molar-refractivity contribution in [3.63, 3.8) is 0 Å². The van der Waals surface area contributed by atoms with Crippen LogP contribution >= 0.6 is 0 Å². The van der Waals surface area contributed by atoms with E-state index < -0.39 is 10.0 Å². The Morgan fingerprint density at radius 1 is 1.17 bits per heavy atom. The van der Waals surface area contributed by atoms with Crippen LogP contribution in [0.3, 0.4) is 0 Å². The maximum Gasteiger partial charge on any atom is 0.246 e. The van der Waals surface area contributed by atoms with Crippen LogP contribution in [0.1, 0.15) is 22.9 Å². The highest BCUT2D eigenvalue weighted by Crippen LogP contribution is 2.14. The zero-order valence-electron chi connectivity index (χ0n) is 16.9. The van der Waals surface area contributed by atoms with Crippen LogP contribution in [0.25, 0.3) is 6.08 Å². The standard InChI is InChI=1S/C20H26N4O4S/c1-15-16(2)28-19(22-15)14-23-10-12-24(13-11-23)20(25)9-6-17-4-7-18(8-5-17)29(26,27)21-3/h4-9,21H,10-14H2,1-3H3/b9-6+. The third-order valence-corrected chi connectivity index (χ3v) is 6.42. The predicted molar refractivity (Wildman–Crippen MR) is 110 cm³/mol. The summed E-state index contributed by atoms with van der Waals surface area (Å²) < 4.78 is 31.4. The Hall–Kier alpha value is -2.49. The lowest BCUT2D eigenvalue weighted by Gasteiger charge is -2.33. The molecule has 9 heteroatoms. The zero-order chi connectivity index (χ0) is 21.0. The van der Waals surface area contributed by atoms with Crippen molar-refractivity contribution in [1.29, 1.82) is 0 Å². The number of nitrogens with one attached hydrogen (secondary N) is 1. The molecule has 0 unspecified atom stereocenters. The number of nitrogens with zero attached hydrogens (tertiary/aromatic N) is 3. The van der Waals surface area contributed by atoms with Crippen LogP contribution in [0.15, 0.2) is 39.7 Å². The van der Waals surface area contributed by atoms with Crippen LogP contribution in [-0.4, -0.2) is 62.3 Å². The molecule has 0 radical (unpaired) electrons. The minimum atomic E-state index is -3.46. The molecule has 1 aliphatic rings. The summed E-state index contributed by atoms with van der Waals surface area (Å²) in [5.41, 5.74) is 1.68. The first-order valence-corrected chi connectivity index (χ1v) is 10.9. The van der Waals surface area contributed by atoms with Crippen molar-refractivity contribution in [2.24, 2.45) is 0 Å². The van der Waals surface area contributed by atoms with Gasteiger partial charge in [-0.2, -0.15) is 0 Å². The van der Waals surface area contributed by atoms with E-state index >= 15 is 0 Å². The first-order valence-electron chi connectivity index (χ1n) is 9.44. The second kappa shape index (κ2) is 8.89. The number of carbonyl (C=O) groups is 1. The number of aromatic nitrogens is 1. The van der Waals surface area contributed by atoms with E-state index in [1.54, 1.807) is 23.1 Å². The number of amides is 1. The van der Waals surface area contributed by atoms with E-state index in [0.29, 0.717) is 25.5 Å². The maximum absolute atomic E-state index is 12.4. The van der Waals surface area contributed by atoms with Crippen LogP contribution in [0.4, 0.5) is 0 Å². The lowest BCUT2D eigenvalue weighted by molar-refractivity contribution is -0.127. The number of aryl methyl sites for hydroxylation is 2. The van der Waals surface area contributed by atoms with E-state index in [0.717, 1.165) is 30.1 Å². The number of hydrogen-bond acceptors (Lipinski definition) is 6. The monoisotopic (exact) mass is 418 g/mol. The van der Waals surface area contributed by atoms with E-state index in [2.05, 4.69) is 14.6 Å². The normalized spacial score (nSPS) is 15.9. The van der Waals surface area contributed by atoms with Crippen molar-refractivity contribution >= 4 is 22.0 Å². The van der Waals surface area contributed by atoms with E-state index in [-0.39, 0.29) is 10.8 Å². The lowest BCUT2D eigenvalue weighted by Crippen LogP contribution is -2.47. The first-order chi connectivity index (χ1) is 13.8. The molecule has 0 bridgehead atoms.